The lowest BCUT2D eigenvalue weighted by Gasteiger charge is -2.10. The first-order valence-corrected chi connectivity index (χ1v) is 6.34. The number of aryl methyl sites for hydroxylation is 1. The molecule has 0 saturated heterocycles. The van der Waals surface area contributed by atoms with E-state index in [1.165, 1.54) is 22.9 Å². The standard InChI is InChI=1S/C14H15F3N2O/c15-14(16,17)11-3-4-12-10(9-11)5-8-19(13(12)20)7-2-1-6-18/h3-5,8-9H,1-2,6-7,18H2. The third-order valence-electron chi connectivity index (χ3n) is 3.16. The normalized spacial score (nSPS) is 12.0. The molecule has 0 saturated carbocycles. The predicted octanol–water partition coefficient (Wildman–Crippen LogP) is 2.76. The molecule has 0 radical (unpaired) electrons. The average molecular weight is 284 g/mol. The van der Waals surface area contributed by atoms with Gasteiger partial charge in [-0.1, -0.05) is 0 Å². The van der Waals surface area contributed by atoms with Crippen LogP contribution >= 0.6 is 0 Å². The van der Waals surface area contributed by atoms with Gasteiger partial charge in [-0.2, -0.15) is 13.2 Å². The summed E-state index contributed by atoms with van der Waals surface area (Å²) in [6.45, 7) is 1.07. The first kappa shape index (κ1) is 14.6. The molecule has 1 aromatic carbocycles. The summed E-state index contributed by atoms with van der Waals surface area (Å²) in [5.41, 5.74) is 4.37. The van der Waals surface area contributed by atoms with E-state index in [0.717, 1.165) is 25.0 Å². The van der Waals surface area contributed by atoms with Gasteiger partial charge in [-0.05, 0) is 49.0 Å². The highest BCUT2D eigenvalue weighted by atomic mass is 19.4. The first-order valence-electron chi connectivity index (χ1n) is 6.34. The summed E-state index contributed by atoms with van der Waals surface area (Å²) in [5, 5.41) is 0.605. The van der Waals surface area contributed by atoms with Crippen molar-refractivity contribution in [3.8, 4) is 0 Å². The van der Waals surface area contributed by atoms with Crippen molar-refractivity contribution in [1.82, 2.24) is 4.57 Å². The van der Waals surface area contributed by atoms with Crippen LogP contribution in [0.15, 0.2) is 35.3 Å². The maximum absolute atomic E-state index is 12.6. The molecule has 0 fully saturated rings. The Labute approximate surface area is 113 Å². The van der Waals surface area contributed by atoms with Crippen molar-refractivity contribution in [3.05, 3.63) is 46.4 Å². The monoisotopic (exact) mass is 284 g/mol. The van der Waals surface area contributed by atoms with Crippen LogP contribution in [0.1, 0.15) is 18.4 Å². The van der Waals surface area contributed by atoms with Gasteiger partial charge < -0.3 is 10.3 Å². The third-order valence-corrected chi connectivity index (χ3v) is 3.16. The predicted molar refractivity (Wildman–Crippen MR) is 71.5 cm³/mol. The van der Waals surface area contributed by atoms with Crippen molar-refractivity contribution in [1.29, 1.82) is 0 Å². The Morgan fingerprint density at radius 1 is 1.15 bits per heavy atom. The zero-order valence-electron chi connectivity index (χ0n) is 10.8. The highest BCUT2D eigenvalue weighted by Crippen LogP contribution is 2.30. The van der Waals surface area contributed by atoms with E-state index in [1.807, 2.05) is 0 Å². The van der Waals surface area contributed by atoms with E-state index in [1.54, 1.807) is 0 Å². The zero-order valence-corrected chi connectivity index (χ0v) is 10.8. The second kappa shape index (κ2) is 5.66. The van der Waals surface area contributed by atoms with Crippen molar-refractivity contribution < 1.29 is 13.2 Å². The molecule has 0 aliphatic carbocycles. The maximum atomic E-state index is 12.6. The molecule has 0 bridgehead atoms. The van der Waals surface area contributed by atoms with Crippen LogP contribution in [0.2, 0.25) is 0 Å². The number of rotatable bonds is 4. The van der Waals surface area contributed by atoms with E-state index in [9.17, 15) is 18.0 Å². The van der Waals surface area contributed by atoms with Crippen LogP contribution in [0.5, 0.6) is 0 Å². The van der Waals surface area contributed by atoms with Gasteiger partial charge in [0.2, 0.25) is 0 Å². The van der Waals surface area contributed by atoms with E-state index in [-0.39, 0.29) is 5.56 Å². The fourth-order valence-electron chi connectivity index (χ4n) is 2.07. The van der Waals surface area contributed by atoms with Gasteiger partial charge in [0.1, 0.15) is 0 Å². The van der Waals surface area contributed by atoms with Gasteiger partial charge in [0.05, 0.1) is 5.56 Å². The van der Waals surface area contributed by atoms with Gasteiger partial charge in [0.15, 0.2) is 0 Å². The minimum absolute atomic E-state index is 0.270. The van der Waals surface area contributed by atoms with Crippen molar-refractivity contribution >= 4 is 10.8 Å². The summed E-state index contributed by atoms with van der Waals surface area (Å²) in [4.78, 5) is 12.1. The Morgan fingerprint density at radius 3 is 2.55 bits per heavy atom. The first-order chi connectivity index (χ1) is 9.43. The summed E-state index contributed by atoms with van der Waals surface area (Å²) < 4.78 is 39.3. The lowest BCUT2D eigenvalue weighted by molar-refractivity contribution is -0.137. The number of fused-ring (bicyclic) bond motifs is 1. The fraction of sp³-hybridized carbons (Fsp3) is 0.357. The number of unbranched alkanes of at least 4 members (excludes halogenated alkanes) is 1. The summed E-state index contributed by atoms with van der Waals surface area (Å²) in [7, 11) is 0. The zero-order chi connectivity index (χ0) is 14.8. The SMILES string of the molecule is NCCCCn1ccc2cc(C(F)(F)F)ccc2c1=O. The van der Waals surface area contributed by atoms with E-state index in [4.69, 9.17) is 5.73 Å². The molecule has 0 unspecified atom stereocenters. The number of hydrogen-bond acceptors (Lipinski definition) is 2. The van der Waals surface area contributed by atoms with E-state index in [0.29, 0.717) is 23.9 Å². The average Bonchev–Trinajstić information content (AvgIpc) is 2.40. The second-order valence-electron chi connectivity index (χ2n) is 4.61. The molecule has 0 aliphatic heterocycles. The lowest BCUT2D eigenvalue weighted by atomic mass is 10.1. The fourth-order valence-corrected chi connectivity index (χ4v) is 2.07. The summed E-state index contributed by atoms with van der Waals surface area (Å²) >= 11 is 0. The van der Waals surface area contributed by atoms with Gasteiger partial charge in [0, 0.05) is 18.1 Å². The molecule has 20 heavy (non-hydrogen) atoms. The number of pyridine rings is 1. The van der Waals surface area contributed by atoms with Crippen molar-refractivity contribution in [3.63, 3.8) is 0 Å². The van der Waals surface area contributed by atoms with Crippen molar-refractivity contribution in [2.75, 3.05) is 6.54 Å². The van der Waals surface area contributed by atoms with Crippen molar-refractivity contribution in [2.24, 2.45) is 5.73 Å². The number of alkyl halides is 3. The van der Waals surface area contributed by atoms with Crippen LogP contribution < -0.4 is 11.3 Å². The Bertz CT molecular complexity index is 661. The number of benzene rings is 1. The van der Waals surface area contributed by atoms with Gasteiger partial charge in [-0.15, -0.1) is 0 Å². The summed E-state index contributed by atoms with van der Waals surface area (Å²) in [6, 6.07) is 4.71. The molecular weight excluding hydrogens is 269 g/mol. The highest BCUT2D eigenvalue weighted by Gasteiger charge is 2.30. The molecule has 108 valence electrons. The molecular formula is C14H15F3N2O. The minimum atomic E-state index is -4.40. The molecule has 0 atom stereocenters. The molecule has 0 spiro atoms. The van der Waals surface area contributed by atoms with Crippen LogP contribution in [-0.2, 0) is 12.7 Å². The molecule has 0 amide bonds. The summed E-state index contributed by atoms with van der Waals surface area (Å²) in [6.07, 6.45) is -1.30. The Morgan fingerprint density at radius 2 is 1.90 bits per heavy atom. The van der Waals surface area contributed by atoms with Crippen LogP contribution in [0.25, 0.3) is 10.8 Å². The quantitative estimate of drug-likeness (QED) is 0.878. The Balaban J connectivity index is 2.40. The molecule has 6 heteroatoms. The second-order valence-corrected chi connectivity index (χ2v) is 4.61. The molecule has 2 rings (SSSR count). The molecule has 2 N–H and O–H groups in total. The maximum Gasteiger partial charge on any atom is 0.416 e. The molecule has 3 nitrogen and oxygen atoms in total. The summed E-state index contributed by atoms with van der Waals surface area (Å²) in [5.74, 6) is 0. The number of nitrogens with zero attached hydrogens (tertiary/aromatic N) is 1. The van der Waals surface area contributed by atoms with Crippen LogP contribution in [0.3, 0.4) is 0 Å². The number of halogens is 3. The van der Waals surface area contributed by atoms with E-state index >= 15 is 0 Å². The smallest absolute Gasteiger partial charge is 0.330 e. The van der Waals surface area contributed by atoms with Gasteiger partial charge in [-0.3, -0.25) is 4.79 Å². The molecule has 0 aliphatic rings. The molecule has 2 aromatic rings. The van der Waals surface area contributed by atoms with Crippen LogP contribution in [0.4, 0.5) is 13.2 Å². The lowest BCUT2D eigenvalue weighted by Crippen LogP contribution is -2.20. The molecule has 1 aromatic heterocycles. The molecule has 1 heterocycles. The van der Waals surface area contributed by atoms with Gasteiger partial charge in [0.25, 0.3) is 5.56 Å². The number of hydrogen-bond donors (Lipinski definition) is 1. The van der Waals surface area contributed by atoms with Gasteiger partial charge in [-0.25, -0.2) is 0 Å². The minimum Gasteiger partial charge on any atom is -0.330 e. The van der Waals surface area contributed by atoms with Gasteiger partial charge >= 0.3 is 6.18 Å². The number of aromatic nitrogens is 1. The Kier molecular flexibility index (Phi) is 4.13. The Hall–Kier alpha value is -1.82. The van der Waals surface area contributed by atoms with Crippen LogP contribution in [-0.4, -0.2) is 11.1 Å². The highest BCUT2D eigenvalue weighted by molar-refractivity contribution is 5.82. The third kappa shape index (κ3) is 3.01. The number of nitrogens with two attached hydrogens (primary N) is 1. The van der Waals surface area contributed by atoms with E-state index < -0.39 is 11.7 Å². The topological polar surface area (TPSA) is 48.0 Å². The largest absolute Gasteiger partial charge is 0.416 e. The van der Waals surface area contributed by atoms with E-state index in [2.05, 4.69) is 0 Å². The van der Waals surface area contributed by atoms with Crippen LogP contribution in [0, 0.1) is 0 Å². The van der Waals surface area contributed by atoms with Crippen molar-refractivity contribution in [2.45, 2.75) is 25.6 Å².